The molecule has 5 heteroatoms. The third-order valence-corrected chi connectivity index (χ3v) is 6.16. The Morgan fingerprint density at radius 2 is 1.15 bits per heavy atom. The highest BCUT2D eigenvalue weighted by atomic mass is 16.5. The number of carbonyl (C=O) groups is 1. The highest BCUT2D eigenvalue weighted by molar-refractivity contribution is 5.87. The molecule has 0 aliphatic carbocycles. The normalized spacial score (nSPS) is 11.1. The fourth-order valence-corrected chi connectivity index (χ4v) is 4.05. The number of hydrogen-bond acceptors (Lipinski definition) is 5. The zero-order valence-electron chi connectivity index (χ0n) is 21.9. The lowest BCUT2D eigenvalue weighted by Crippen LogP contribution is -2.02. The largest absolute Gasteiger partial charge is 0.502 e. The van der Waals surface area contributed by atoms with E-state index in [0.29, 0.717) is 23.7 Å². The van der Waals surface area contributed by atoms with E-state index in [1.807, 2.05) is 0 Å². The van der Waals surface area contributed by atoms with Gasteiger partial charge in [-0.2, -0.15) is 0 Å². The van der Waals surface area contributed by atoms with Gasteiger partial charge in [0.2, 0.25) is 5.75 Å². The lowest BCUT2D eigenvalue weighted by atomic mass is 10.0. The highest BCUT2D eigenvalue weighted by Crippen LogP contribution is 2.37. The number of unbranched alkanes of at least 4 members (excludes halogenated alkanes) is 15. The molecule has 0 amide bonds. The minimum atomic E-state index is -0.369. The Balaban J connectivity index is 1.98. The molecule has 0 aliphatic heterocycles. The van der Waals surface area contributed by atoms with Crippen molar-refractivity contribution in [3.63, 3.8) is 0 Å². The van der Waals surface area contributed by atoms with Crippen LogP contribution in [0.3, 0.4) is 0 Å². The van der Waals surface area contributed by atoms with Crippen LogP contribution in [0.4, 0.5) is 0 Å². The zero-order valence-corrected chi connectivity index (χ0v) is 21.9. The summed E-state index contributed by atoms with van der Waals surface area (Å²) in [5, 5.41) is 9.94. The molecule has 0 saturated heterocycles. The van der Waals surface area contributed by atoms with Gasteiger partial charge in [0.15, 0.2) is 11.5 Å². The number of benzene rings is 1. The van der Waals surface area contributed by atoms with Crippen molar-refractivity contribution >= 4 is 12.0 Å². The SMILES string of the molecule is CCCCCCCCCCCCCCCCCCOC(=O)/C=C/c1cc(OC)c(O)c(OC)c1. The Bertz CT molecular complexity index is 658. The first-order valence-electron chi connectivity index (χ1n) is 13.4. The van der Waals surface area contributed by atoms with Crippen LogP contribution in [0.5, 0.6) is 17.2 Å². The van der Waals surface area contributed by atoms with Gasteiger partial charge in [0.25, 0.3) is 0 Å². The molecule has 0 fully saturated rings. The van der Waals surface area contributed by atoms with Gasteiger partial charge < -0.3 is 19.3 Å². The molecule has 0 heterocycles. The first-order chi connectivity index (χ1) is 16.6. The molecule has 0 spiro atoms. The Hall–Kier alpha value is -2.17. The summed E-state index contributed by atoms with van der Waals surface area (Å²) in [6.07, 6.45) is 24.2. The molecule has 5 nitrogen and oxygen atoms in total. The molecular weight excluding hydrogens is 428 g/mol. The first kappa shape index (κ1) is 29.9. The van der Waals surface area contributed by atoms with Crippen LogP contribution < -0.4 is 9.47 Å². The van der Waals surface area contributed by atoms with Crippen molar-refractivity contribution < 1.29 is 24.1 Å². The Morgan fingerprint density at radius 1 is 0.735 bits per heavy atom. The van der Waals surface area contributed by atoms with E-state index in [2.05, 4.69) is 6.92 Å². The summed E-state index contributed by atoms with van der Waals surface area (Å²) >= 11 is 0. The van der Waals surface area contributed by atoms with Crippen molar-refractivity contribution in [2.24, 2.45) is 0 Å². The van der Waals surface area contributed by atoms with Crippen LogP contribution in [0.1, 0.15) is 115 Å². The molecule has 0 aromatic heterocycles. The fourth-order valence-electron chi connectivity index (χ4n) is 4.05. The number of aromatic hydroxyl groups is 1. The molecule has 1 aromatic carbocycles. The molecule has 0 bridgehead atoms. The molecule has 34 heavy (non-hydrogen) atoms. The summed E-state index contributed by atoms with van der Waals surface area (Å²) in [5.74, 6) is 0.154. The molecule has 1 aromatic rings. The van der Waals surface area contributed by atoms with E-state index in [-0.39, 0.29) is 11.7 Å². The summed E-state index contributed by atoms with van der Waals surface area (Å²) in [4.78, 5) is 11.9. The predicted octanol–water partition coefficient (Wildman–Crippen LogP) is 8.23. The van der Waals surface area contributed by atoms with Crippen molar-refractivity contribution in [1.29, 1.82) is 0 Å². The van der Waals surface area contributed by atoms with Crippen LogP contribution in [0.2, 0.25) is 0 Å². The maximum atomic E-state index is 11.9. The number of ether oxygens (including phenoxy) is 3. The van der Waals surface area contributed by atoms with E-state index in [1.165, 1.54) is 110 Å². The number of carbonyl (C=O) groups excluding carboxylic acids is 1. The standard InChI is InChI=1S/C29H48O5/c1-4-5-6-7-8-9-10-11-12-13-14-15-16-17-18-19-22-34-28(30)21-20-25-23-26(32-2)29(31)27(24-25)33-3/h20-21,23-24,31H,4-19,22H2,1-3H3/b21-20+. The van der Waals surface area contributed by atoms with Gasteiger partial charge in [-0.05, 0) is 30.2 Å². The van der Waals surface area contributed by atoms with Gasteiger partial charge in [-0.1, -0.05) is 103 Å². The average molecular weight is 477 g/mol. The maximum absolute atomic E-state index is 11.9. The lowest BCUT2D eigenvalue weighted by Gasteiger charge is -2.09. The lowest BCUT2D eigenvalue weighted by molar-refractivity contribution is -0.137. The smallest absolute Gasteiger partial charge is 0.330 e. The number of phenolic OH excluding ortho intramolecular Hbond substituents is 1. The predicted molar refractivity (Wildman–Crippen MR) is 141 cm³/mol. The highest BCUT2D eigenvalue weighted by Gasteiger charge is 2.10. The molecule has 0 radical (unpaired) electrons. The van der Waals surface area contributed by atoms with Crippen molar-refractivity contribution in [2.45, 2.75) is 110 Å². The topological polar surface area (TPSA) is 65.0 Å². The van der Waals surface area contributed by atoms with Crippen LogP contribution in [-0.2, 0) is 9.53 Å². The number of rotatable bonds is 21. The summed E-state index contributed by atoms with van der Waals surface area (Å²) in [6.45, 7) is 2.72. The Kier molecular flexibility index (Phi) is 17.8. The van der Waals surface area contributed by atoms with E-state index in [9.17, 15) is 9.90 Å². The van der Waals surface area contributed by atoms with E-state index in [4.69, 9.17) is 14.2 Å². The second-order valence-corrected chi connectivity index (χ2v) is 9.08. The van der Waals surface area contributed by atoms with Crippen LogP contribution in [0.15, 0.2) is 18.2 Å². The summed E-state index contributed by atoms with van der Waals surface area (Å²) < 4.78 is 15.5. The van der Waals surface area contributed by atoms with Gasteiger partial charge in [-0.15, -0.1) is 0 Å². The molecule has 0 saturated carbocycles. The number of esters is 1. The molecule has 0 aliphatic rings. The Morgan fingerprint density at radius 3 is 1.56 bits per heavy atom. The van der Waals surface area contributed by atoms with Crippen molar-refractivity contribution in [2.75, 3.05) is 20.8 Å². The van der Waals surface area contributed by atoms with Gasteiger partial charge in [-0.3, -0.25) is 0 Å². The Labute approximate surface area is 207 Å². The number of phenols is 1. The van der Waals surface area contributed by atoms with Gasteiger partial charge in [0, 0.05) is 6.08 Å². The van der Waals surface area contributed by atoms with Crippen LogP contribution >= 0.6 is 0 Å². The second-order valence-electron chi connectivity index (χ2n) is 9.08. The number of methoxy groups -OCH3 is 2. The van der Waals surface area contributed by atoms with Gasteiger partial charge in [0.1, 0.15) is 0 Å². The molecule has 194 valence electrons. The molecular formula is C29H48O5. The van der Waals surface area contributed by atoms with Crippen molar-refractivity contribution in [3.8, 4) is 17.2 Å². The average Bonchev–Trinajstić information content (AvgIpc) is 2.85. The van der Waals surface area contributed by atoms with E-state index >= 15 is 0 Å². The third kappa shape index (κ3) is 14.2. The summed E-state index contributed by atoms with van der Waals surface area (Å²) in [6, 6.07) is 3.27. The minimum Gasteiger partial charge on any atom is -0.502 e. The van der Waals surface area contributed by atoms with Crippen LogP contribution in [0, 0.1) is 0 Å². The third-order valence-electron chi connectivity index (χ3n) is 6.16. The summed E-state index contributed by atoms with van der Waals surface area (Å²) in [7, 11) is 2.93. The van der Waals surface area contributed by atoms with Crippen LogP contribution in [0.25, 0.3) is 6.08 Å². The van der Waals surface area contributed by atoms with Crippen LogP contribution in [-0.4, -0.2) is 31.9 Å². The minimum absolute atomic E-state index is 0.0618. The molecule has 1 rings (SSSR count). The van der Waals surface area contributed by atoms with Gasteiger partial charge in [0.05, 0.1) is 20.8 Å². The second kappa shape index (κ2) is 20.2. The van der Waals surface area contributed by atoms with Crippen molar-refractivity contribution in [3.05, 3.63) is 23.8 Å². The number of hydrogen-bond donors (Lipinski definition) is 1. The maximum Gasteiger partial charge on any atom is 0.330 e. The fraction of sp³-hybridized carbons (Fsp3) is 0.690. The van der Waals surface area contributed by atoms with Crippen molar-refractivity contribution in [1.82, 2.24) is 0 Å². The first-order valence-corrected chi connectivity index (χ1v) is 13.4. The van der Waals surface area contributed by atoms with E-state index in [0.717, 1.165) is 12.8 Å². The zero-order chi connectivity index (χ0) is 24.9. The summed E-state index contributed by atoms with van der Waals surface area (Å²) in [5.41, 5.74) is 0.686. The monoisotopic (exact) mass is 476 g/mol. The van der Waals surface area contributed by atoms with E-state index in [1.54, 1.807) is 18.2 Å². The molecule has 0 unspecified atom stereocenters. The quantitative estimate of drug-likeness (QED) is 0.110. The molecule has 1 N–H and O–H groups in total. The van der Waals surface area contributed by atoms with Gasteiger partial charge >= 0.3 is 5.97 Å². The molecule has 0 atom stereocenters. The van der Waals surface area contributed by atoms with Gasteiger partial charge in [-0.25, -0.2) is 4.79 Å². The van der Waals surface area contributed by atoms with E-state index < -0.39 is 0 Å².